The van der Waals surface area contributed by atoms with Crippen LogP contribution in [0, 0.1) is 26.0 Å². The number of hydrogen-bond donors (Lipinski definition) is 1. The quantitative estimate of drug-likeness (QED) is 0.357. The van der Waals surface area contributed by atoms with Crippen molar-refractivity contribution in [3.05, 3.63) is 74.9 Å². The van der Waals surface area contributed by atoms with E-state index in [-0.39, 0.29) is 21.5 Å². The molecule has 0 amide bonds. The zero-order valence-corrected chi connectivity index (χ0v) is 20.8. The molecule has 0 saturated heterocycles. The Balaban J connectivity index is 2.25. The molecule has 1 aromatic heterocycles. The molecule has 1 aliphatic heterocycles. The summed E-state index contributed by atoms with van der Waals surface area (Å²) in [6.45, 7) is 8.92. The number of benzene rings is 1. The van der Waals surface area contributed by atoms with Crippen LogP contribution in [0.5, 0.6) is 0 Å². The Kier molecular flexibility index (Phi) is 6.72. The number of esters is 1. The van der Waals surface area contributed by atoms with E-state index in [0.717, 1.165) is 18.9 Å². The Bertz CT molecular complexity index is 1280. The highest BCUT2D eigenvalue weighted by Crippen LogP contribution is 2.42. The molecule has 1 N–H and O–H groups in total. The largest absolute Gasteiger partial charge is 0.606 e. The number of quaternary nitrogens is 1. The fraction of sp³-hybridized carbons (Fsp3) is 0.304. The maximum atomic E-state index is 14.0. The lowest BCUT2D eigenvalue weighted by Gasteiger charge is -2.35. The highest BCUT2D eigenvalue weighted by atomic mass is 35.5. The monoisotopic (exact) mass is 491 g/mol. The average Bonchev–Trinajstić information content (AvgIpc) is 3.06. The van der Waals surface area contributed by atoms with Gasteiger partial charge in [0.2, 0.25) is 5.70 Å². The van der Waals surface area contributed by atoms with Gasteiger partial charge in [-0.3, -0.25) is 0 Å². The van der Waals surface area contributed by atoms with Crippen molar-refractivity contribution in [2.75, 3.05) is 12.4 Å². The van der Waals surface area contributed by atoms with E-state index < -0.39 is 25.7 Å². The van der Waals surface area contributed by atoms with Crippen molar-refractivity contribution in [2.24, 2.45) is 0 Å². The lowest BCUT2D eigenvalue weighted by atomic mass is 10.1. The number of ether oxygens (including phenoxy) is 1. The summed E-state index contributed by atoms with van der Waals surface area (Å²) in [5.41, 5.74) is 1.64. The molecule has 2 heterocycles. The fourth-order valence-electron chi connectivity index (χ4n) is 3.91. The molecule has 8 nitrogen and oxygen atoms in total. The zero-order chi connectivity index (χ0) is 24.7. The number of hydrogen-bond acceptors (Lipinski definition) is 7. The topological polar surface area (TPSA) is 108 Å². The van der Waals surface area contributed by atoms with Gasteiger partial charge in [-0.15, -0.1) is 0 Å². The van der Waals surface area contributed by atoms with Gasteiger partial charge in [0, 0.05) is 29.5 Å². The Hall–Kier alpha value is -2.72. The summed E-state index contributed by atoms with van der Waals surface area (Å²) < 4.78 is 30.2. The predicted octanol–water partition coefficient (Wildman–Crippen LogP) is 4.60. The number of hydroxylamine groups is 2. The van der Waals surface area contributed by atoms with Gasteiger partial charge < -0.3 is 15.3 Å². The molecule has 0 aliphatic carbocycles. The first-order valence-electron chi connectivity index (χ1n) is 10.2. The third-order valence-electron chi connectivity index (χ3n) is 5.15. The number of allylic oxidation sites excluding steroid dienone is 2. The molecular weight excluding hydrogens is 466 g/mol. The zero-order valence-electron chi connectivity index (χ0n) is 19.3. The number of carbonyl (C=O) groups is 1. The molecule has 176 valence electrons. The van der Waals surface area contributed by atoms with Gasteiger partial charge in [0.1, 0.15) is 16.9 Å². The van der Waals surface area contributed by atoms with Crippen LogP contribution < -0.4 is 5.32 Å². The molecule has 3 rings (SSSR count). The first-order chi connectivity index (χ1) is 15.3. The van der Waals surface area contributed by atoms with Crippen molar-refractivity contribution in [2.45, 2.75) is 45.6 Å². The number of anilines is 1. The van der Waals surface area contributed by atoms with Crippen LogP contribution in [0.4, 0.5) is 5.82 Å². The van der Waals surface area contributed by atoms with Gasteiger partial charge in [0.25, 0.3) is 0 Å². The fourth-order valence-corrected chi connectivity index (χ4v) is 5.96. The van der Waals surface area contributed by atoms with E-state index in [4.69, 9.17) is 16.3 Å². The number of aromatic nitrogens is 1. The first kappa shape index (κ1) is 24.9. The molecule has 0 fully saturated rings. The van der Waals surface area contributed by atoms with Crippen molar-refractivity contribution < 1.29 is 22.0 Å². The first-order valence-corrected chi connectivity index (χ1v) is 12.0. The second kappa shape index (κ2) is 8.90. The van der Waals surface area contributed by atoms with Crippen LogP contribution in [0.25, 0.3) is 5.57 Å². The van der Waals surface area contributed by atoms with Gasteiger partial charge in [0.15, 0.2) is 0 Å². The molecular formula is C23H26ClN3O5S. The Morgan fingerprint density at radius 1 is 1.18 bits per heavy atom. The Morgan fingerprint density at radius 2 is 1.79 bits per heavy atom. The number of pyridine rings is 1. The molecule has 0 bridgehead atoms. The highest BCUT2D eigenvalue weighted by molar-refractivity contribution is 7.86. The minimum Gasteiger partial charge on any atom is -0.606 e. The number of halogens is 1. The summed E-state index contributed by atoms with van der Waals surface area (Å²) in [6, 6.07) is 5.03. The van der Waals surface area contributed by atoms with Crippen molar-refractivity contribution in [3.8, 4) is 0 Å². The molecule has 1 aliphatic rings. The number of sulfonamides is 1. The Morgan fingerprint density at radius 3 is 2.33 bits per heavy atom. The maximum Gasteiger partial charge on any atom is 0.394 e. The van der Waals surface area contributed by atoms with E-state index in [2.05, 4.69) is 10.3 Å². The summed E-state index contributed by atoms with van der Waals surface area (Å²) in [4.78, 5) is 16.6. The van der Waals surface area contributed by atoms with Crippen molar-refractivity contribution >= 4 is 39.0 Å². The summed E-state index contributed by atoms with van der Waals surface area (Å²) in [5.74, 6) is -0.560. The molecule has 0 saturated carbocycles. The molecule has 1 atom stereocenters. The normalized spacial score (nSPS) is 18.2. The summed E-state index contributed by atoms with van der Waals surface area (Å²) in [5, 5.41) is 17.4. The SMILES string of the molecule is COC(=O)C1=CC(c2cc(NC(C)C)ncc2Cl)=C[N+]1([O-])S(=O)(=O)c1c(C)cc(C)cc1C. The standard InChI is InChI=1S/C23H26ClN3O5S/c1-13(2)26-21-10-18(19(24)11-25-21)17-9-20(23(28)32-6)27(29,12-17)33(30,31)22-15(4)7-14(3)8-16(22)5/h7-13H,1-6H3,(H,25,26). The molecule has 1 aromatic carbocycles. The summed E-state index contributed by atoms with van der Waals surface area (Å²) in [7, 11) is -3.55. The van der Waals surface area contributed by atoms with Crippen LogP contribution in [0.15, 0.2) is 47.3 Å². The lowest BCUT2D eigenvalue weighted by molar-refractivity contribution is -0.640. The molecule has 0 radical (unpaired) electrons. The maximum absolute atomic E-state index is 14.0. The summed E-state index contributed by atoms with van der Waals surface area (Å²) in [6.07, 6.45) is 3.56. The Labute approximate surface area is 198 Å². The second-order valence-electron chi connectivity index (χ2n) is 8.25. The highest BCUT2D eigenvalue weighted by Gasteiger charge is 2.47. The summed E-state index contributed by atoms with van der Waals surface area (Å²) >= 11 is 6.33. The van der Waals surface area contributed by atoms with Crippen LogP contribution in [0.2, 0.25) is 5.02 Å². The van der Waals surface area contributed by atoms with Crippen LogP contribution in [0.3, 0.4) is 0 Å². The van der Waals surface area contributed by atoms with Crippen molar-refractivity contribution in [1.82, 2.24) is 4.98 Å². The van der Waals surface area contributed by atoms with Gasteiger partial charge in [-0.25, -0.2) is 9.78 Å². The number of nitrogens with one attached hydrogen (secondary N) is 1. The van der Waals surface area contributed by atoms with Crippen molar-refractivity contribution in [3.63, 3.8) is 0 Å². The molecule has 2 aromatic rings. The van der Waals surface area contributed by atoms with E-state index in [0.29, 0.717) is 22.5 Å². The van der Waals surface area contributed by atoms with Crippen molar-refractivity contribution in [1.29, 1.82) is 0 Å². The van der Waals surface area contributed by atoms with Crippen LogP contribution >= 0.6 is 11.6 Å². The molecule has 1 unspecified atom stereocenters. The van der Waals surface area contributed by atoms with Gasteiger partial charge in [-0.1, -0.05) is 29.3 Å². The molecule has 33 heavy (non-hydrogen) atoms. The van der Waals surface area contributed by atoms with E-state index >= 15 is 0 Å². The number of methoxy groups -OCH3 is 1. The number of carbonyl (C=O) groups excluding carboxylic acids is 1. The van der Waals surface area contributed by atoms with E-state index in [1.54, 1.807) is 32.0 Å². The third kappa shape index (κ3) is 4.41. The van der Waals surface area contributed by atoms with Gasteiger partial charge in [-0.05, 0) is 51.8 Å². The minimum absolute atomic E-state index is 0.0764. The van der Waals surface area contributed by atoms with Crippen LogP contribution in [-0.4, -0.2) is 36.6 Å². The number of nitrogens with zero attached hydrogens (tertiary/aromatic N) is 2. The average molecular weight is 492 g/mol. The number of aryl methyl sites for hydroxylation is 3. The lowest BCUT2D eigenvalue weighted by Crippen LogP contribution is -2.43. The minimum atomic E-state index is -4.64. The van der Waals surface area contributed by atoms with Crippen LogP contribution in [-0.2, 0) is 19.6 Å². The number of rotatable bonds is 6. The molecule has 10 heteroatoms. The van der Waals surface area contributed by atoms with Gasteiger partial charge in [-0.2, -0.15) is 12.5 Å². The van der Waals surface area contributed by atoms with E-state index in [1.165, 1.54) is 12.3 Å². The van der Waals surface area contributed by atoms with E-state index in [9.17, 15) is 18.4 Å². The van der Waals surface area contributed by atoms with Gasteiger partial charge in [0.05, 0.1) is 12.1 Å². The molecule has 0 spiro atoms. The third-order valence-corrected chi connectivity index (χ3v) is 7.63. The van der Waals surface area contributed by atoms with Gasteiger partial charge >= 0.3 is 16.0 Å². The second-order valence-corrected chi connectivity index (χ2v) is 10.6. The predicted molar refractivity (Wildman–Crippen MR) is 128 cm³/mol. The smallest absolute Gasteiger partial charge is 0.394 e. The van der Waals surface area contributed by atoms with E-state index in [1.807, 2.05) is 20.8 Å². The van der Waals surface area contributed by atoms with Crippen LogP contribution in [0.1, 0.15) is 36.1 Å².